The van der Waals surface area contributed by atoms with Gasteiger partial charge in [0.1, 0.15) is 15.9 Å². The molecule has 108 valence electrons. The second-order valence-corrected chi connectivity index (χ2v) is 7.71. The van der Waals surface area contributed by atoms with Gasteiger partial charge < -0.3 is 10.2 Å². The molecular formula is C12H20N2O4S. The van der Waals surface area contributed by atoms with E-state index in [-0.39, 0.29) is 41.8 Å². The van der Waals surface area contributed by atoms with E-state index in [0.29, 0.717) is 13.0 Å². The summed E-state index contributed by atoms with van der Waals surface area (Å²) in [6, 6.07) is -0.385. The highest BCUT2D eigenvalue weighted by atomic mass is 32.2. The number of amides is 2. The molecule has 2 amide bonds. The van der Waals surface area contributed by atoms with Gasteiger partial charge in [-0.3, -0.25) is 9.59 Å². The maximum Gasteiger partial charge on any atom is 0.245 e. The summed E-state index contributed by atoms with van der Waals surface area (Å²) in [5.74, 6) is 0.263. The van der Waals surface area contributed by atoms with Gasteiger partial charge in [-0.1, -0.05) is 6.92 Å². The quantitative estimate of drug-likeness (QED) is 0.717. The number of piperazine rings is 1. The van der Waals surface area contributed by atoms with Gasteiger partial charge in [-0.05, 0) is 25.2 Å². The SMILES string of the molecule is CCS(=O)(=O)CCCN1CC(=O)NC(C2CC2)C1=O. The molecule has 1 atom stereocenters. The maximum absolute atomic E-state index is 12.1. The van der Waals surface area contributed by atoms with Crippen molar-refractivity contribution in [3.05, 3.63) is 0 Å². The van der Waals surface area contributed by atoms with Gasteiger partial charge in [-0.2, -0.15) is 0 Å². The molecule has 1 N–H and O–H groups in total. The van der Waals surface area contributed by atoms with Crippen molar-refractivity contribution in [3.8, 4) is 0 Å². The minimum Gasteiger partial charge on any atom is -0.342 e. The van der Waals surface area contributed by atoms with E-state index < -0.39 is 9.84 Å². The molecule has 6 nitrogen and oxygen atoms in total. The number of rotatable bonds is 6. The van der Waals surface area contributed by atoms with Crippen LogP contribution < -0.4 is 5.32 Å². The Labute approximate surface area is 113 Å². The number of nitrogens with one attached hydrogen (secondary N) is 1. The normalized spacial score (nSPS) is 24.5. The molecule has 0 bridgehead atoms. The zero-order valence-electron chi connectivity index (χ0n) is 11.1. The second-order valence-electron chi connectivity index (χ2n) is 5.23. The van der Waals surface area contributed by atoms with E-state index in [1.165, 1.54) is 4.90 Å². The van der Waals surface area contributed by atoms with Crippen molar-refractivity contribution in [2.24, 2.45) is 5.92 Å². The molecule has 2 fully saturated rings. The van der Waals surface area contributed by atoms with Gasteiger partial charge in [0.25, 0.3) is 0 Å². The highest BCUT2D eigenvalue weighted by Crippen LogP contribution is 2.34. The predicted molar refractivity (Wildman–Crippen MR) is 70.2 cm³/mol. The van der Waals surface area contributed by atoms with Crippen LogP contribution in [0.2, 0.25) is 0 Å². The molecule has 1 heterocycles. The molecule has 1 saturated heterocycles. The first-order chi connectivity index (χ1) is 8.93. The first-order valence-corrected chi connectivity index (χ1v) is 8.53. The minimum absolute atomic E-state index is 0.0498. The molecule has 2 aliphatic rings. The third-order valence-corrected chi connectivity index (χ3v) is 5.44. The van der Waals surface area contributed by atoms with E-state index in [4.69, 9.17) is 0 Å². The first kappa shape index (κ1) is 14.3. The molecular weight excluding hydrogens is 268 g/mol. The molecule has 0 aromatic heterocycles. The lowest BCUT2D eigenvalue weighted by Crippen LogP contribution is -2.59. The highest BCUT2D eigenvalue weighted by molar-refractivity contribution is 7.91. The van der Waals surface area contributed by atoms with Crippen molar-refractivity contribution < 1.29 is 18.0 Å². The number of carbonyl (C=O) groups excluding carboxylic acids is 2. The van der Waals surface area contributed by atoms with Crippen molar-refractivity contribution in [1.82, 2.24) is 10.2 Å². The van der Waals surface area contributed by atoms with E-state index >= 15 is 0 Å². The molecule has 1 unspecified atom stereocenters. The van der Waals surface area contributed by atoms with Crippen molar-refractivity contribution in [2.45, 2.75) is 32.2 Å². The molecule has 0 aromatic rings. The summed E-state index contributed by atoms with van der Waals surface area (Å²) in [6.07, 6.45) is 2.36. The summed E-state index contributed by atoms with van der Waals surface area (Å²) >= 11 is 0. The Morgan fingerprint density at radius 2 is 2.00 bits per heavy atom. The van der Waals surface area contributed by atoms with Crippen LogP contribution in [0, 0.1) is 5.92 Å². The predicted octanol–water partition coefficient (Wildman–Crippen LogP) is -0.452. The van der Waals surface area contributed by atoms with Gasteiger partial charge in [0.05, 0.1) is 12.3 Å². The van der Waals surface area contributed by atoms with Crippen molar-refractivity contribution >= 4 is 21.7 Å². The largest absolute Gasteiger partial charge is 0.342 e. The molecule has 1 saturated carbocycles. The van der Waals surface area contributed by atoms with Crippen LogP contribution in [-0.4, -0.2) is 55.8 Å². The zero-order valence-corrected chi connectivity index (χ0v) is 11.9. The van der Waals surface area contributed by atoms with Crippen LogP contribution in [-0.2, 0) is 19.4 Å². The Bertz CT molecular complexity index is 470. The molecule has 1 aliphatic heterocycles. The van der Waals surface area contributed by atoms with E-state index in [0.717, 1.165) is 12.8 Å². The third-order valence-electron chi connectivity index (χ3n) is 3.65. The molecule has 0 spiro atoms. The van der Waals surface area contributed by atoms with Gasteiger partial charge >= 0.3 is 0 Å². The lowest BCUT2D eigenvalue weighted by molar-refractivity contribution is -0.144. The Balaban J connectivity index is 1.88. The number of nitrogens with zero attached hydrogens (tertiary/aromatic N) is 1. The van der Waals surface area contributed by atoms with Crippen LogP contribution in [0.5, 0.6) is 0 Å². The lowest BCUT2D eigenvalue weighted by Gasteiger charge is -2.32. The average Bonchev–Trinajstić information content (AvgIpc) is 3.17. The van der Waals surface area contributed by atoms with Crippen molar-refractivity contribution in [2.75, 3.05) is 24.6 Å². The van der Waals surface area contributed by atoms with Crippen molar-refractivity contribution in [1.29, 1.82) is 0 Å². The standard InChI is InChI=1S/C12H20N2O4S/c1-2-19(17,18)7-3-6-14-8-10(15)13-11(12(14)16)9-4-5-9/h9,11H,2-8H2,1H3,(H,13,15). The van der Waals surface area contributed by atoms with E-state index in [2.05, 4.69) is 5.32 Å². The Morgan fingerprint density at radius 3 is 2.58 bits per heavy atom. The zero-order chi connectivity index (χ0) is 14.0. The number of sulfone groups is 1. The first-order valence-electron chi connectivity index (χ1n) is 6.71. The van der Waals surface area contributed by atoms with Crippen LogP contribution in [0.25, 0.3) is 0 Å². The average molecular weight is 288 g/mol. The van der Waals surface area contributed by atoms with E-state index in [1.807, 2.05) is 0 Å². The Hall–Kier alpha value is -1.11. The van der Waals surface area contributed by atoms with Gasteiger partial charge in [0.15, 0.2) is 0 Å². The fraction of sp³-hybridized carbons (Fsp3) is 0.833. The summed E-state index contributed by atoms with van der Waals surface area (Å²) in [5.41, 5.74) is 0. The number of hydrogen-bond donors (Lipinski definition) is 1. The summed E-state index contributed by atoms with van der Waals surface area (Å²) < 4.78 is 22.8. The molecule has 7 heteroatoms. The molecule has 0 radical (unpaired) electrons. The second kappa shape index (κ2) is 5.48. The summed E-state index contributed by atoms with van der Waals surface area (Å²) in [5, 5.41) is 2.73. The summed E-state index contributed by atoms with van der Waals surface area (Å²) in [6.45, 7) is 2.00. The van der Waals surface area contributed by atoms with Crippen LogP contribution in [0.4, 0.5) is 0 Å². The molecule has 0 aromatic carbocycles. The minimum atomic E-state index is -3.01. The summed E-state index contributed by atoms with van der Waals surface area (Å²) in [4.78, 5) is 25.2. The van der Waals surface area contributed by atoms with E-state index in [1.54, 1.807) is 6.92 Å². The lowest BCUT2D eigenvalue weighted by atomic mass is 10.1. The number of carbonyl (C=O) groups is 2. The smallest absolute Gasteiger partial charge is 0.245 e. The summed E-state index contributed by atoms with van der Waals surface area (Å²) in [7, 11) is -3.01. The fourth-order valence-corrected chi connectivity index (χ4v) is 3.14. The van der Waals surface area contributed by atoms with Crippen LogP contribution in [0.15, 0.2) is 0 Å². The van der Waals surface area contributed by atoms with Crippen LogP contribution in [0.1, 0.15) is 26.2 Å². The Kier molecular flexibility index (Phi) is 4.13. The van der Waals surface area contributed by atoms with Crippen LogP contribution >= 0.6 is 0 Å². The molecule has 19 heavy (non-hydrogen) atoms. The molecule has 2 rings (SSSR count). The van der Waals surface area contributed by atoms with E-state index in [9.17, 15) is 18.0 Å². The van der Waals surface area contributed by atoms with Crippen LogP contribution in [0.3, 0.4) is 0 Å². The topological polar surface area (TPSA) is 83.6 Å². The van der Waals surface area contributed by atoms with Gasteiger partial charge in [0, 0.05) is 12.3 Å². The highest BCUT2D eigenvalue weighted by Gasteiger charge is 2.42. The number of hydrogen-bond acceptors (Lipinski definition) is 4. The monoisotopic (exact) mass is 288 g/mol. The third kappa shape index (κ3) is 3.68. The molecule has 1 aliphatic carbocycles. The Morgan fingerprint density at radius 1 is 1.32 bits per heavy atom. The maximum atomic E-state index is 12.1. The fourth-order valence-electron chi connectivity index (χ4n) is 2.29. The van der Waals surface area contributed by atoms with Gasteiger partial charge in [0.2, 0.25) is 11.8 Å². The van der Waals surface area contributed by atoms with Crippen molar-refractivity contribution in [3.63, 3.8) is 0 Å². The van der Waals surface area contributed by atoms with Gasteiger partial charge in [-0.15, -0.1) is 0 Å². The van der Waals surface area contributed by atoms with Gasteiger partial charge in [-0.25, -0.2) is 8.42 Å².